The molecule has 1 atom stereocenters. The molecule has 0 heterocycles. The predicted molar refractivity (Wildman–Crippen MR) is 68.4 cm³/mol. The maximum atomic E-state index is 11.2. The summed E-state index contributed by atoms with van der Waals surface area (Å²) in [5.41, 5.74) is 0. The van der Waals surface area contributed by atoms with E-state index in [0.717, 1.165) is 12.8 Å². The molecule has 0 spiro atoms. The standard InChI is InChI=1S/C14H26O2/c1-4-6-7-8-9-10-11-12-14(15)16-13(3)5-2/h11-13H,4-10H2,1-3H3. The molecule has 2 heteroatoms. The third-order valence-corrected chi connectivity index (χ3v) is 2.62. The molecule has 0 saturated heterocycles. The summed E-state index contributed by atoms with van der Waals surface area (Å²) in [4.78, 5) is 11.2. The molecule has 0 aromatic carbocycles. The Morgan fingerprint density at radius 2 is 1.88 bits per heavy atom. The van der Waals surface area contributed by atoms with Gasteiger partial charge in [0.15, 0.2) is 0 Å². The third-order valence-electron chi connectivity index (χ3n) is 2.62. The van der Waals surface area contributed by atoms with E-state index in [9.17, 15) is 4.79 Å². The molecule has 0 aromatic rings. The minimum absolute atomic E-state index is 0.0294. The highest BCUT2D eigenvalue weighted by atomic mass is 16.5. The van der Waals surface area contributed by atoms with Crippen molar-refractivity contribution < 1.29 is 9.53 Å². The Balaban J connectivity index is 3.41. The van der Waals surface area contributed by atoms with Crippen molar-refractivity contribution in [3.05, 3.63) is 12.2 Å². The maximum Gasteiger partial charge on any atom is 0.330 e. The number of unbranched alkanes of at least 4 members (excludes halogenated alkanes) is 5. The molecule has 0 aliphatic rings. The highest BCUT2D eigenvalue weighted by Crippen LogP contribution is 2.05. The summed E-state index contributed by atoms with van der Waals surface area (Å²) in [6, 6.07) is 0. The lowest BCUT2D eigenvalue weighted by Gasteiger charge is -2.07. The first kappa shape index (κ1) is 15.2. The average molecular weight is 226 g/mol. The number of rotatable bonds is 9. The highest BCUT2D eigenvalue weighted by Gasteiger charge is 2.02. The largest absolute Gasteiger partial charge is 0.460 e. The quantitative estimate of drug-likeness (QED) is 0.334. The lowest BCUT2D eigenvalue weighted by molar-refractivity contribution is -0.142. The Bertz CT molecular complexity index is 197. The Labute approximate surface area is 100 Å². The molecule has 0 saturated carbocycles. The highest BCUT2D eigenvalue weighted by molar-refractivity contribution is 5.81. The molecule has 0 amide bonds. The molecular formula is C14H26O2. The molecule has 94 valence electrons. The Morgan fingerprint density at radius 1 is 1.19 bits per heavy atom. The first-order chi connectivity index (χ1) is 7.70. The van der Waals surface area contributed by atoms with Crippen LogP contribution in [0.3, 0.4) is 0 Å². The van der Waals surface area contributed by atoms with Crippen molar-refractivity contribution >= 4 is 5.97 Å². The van der Waals surface area contributed by atoms with Crippen LogP contribution in [0.25, 0.3) is 0 Å². The normalized spacial score (nSPS) is 12.9. The summed E-state index contributed by atoms with van der Waals surface area (Å²) in [6.45, 7) is 6.14. The van der Waals surface area contributed by atoms with Crippen molar-refractivity contribution in [1.29, 1.82) is 0 Å². The Kier molecular flexibility index (Phi) is 10.2. The summed E-state index contributed by atoms with van der Waals surface area (Å²) < 4.78 is 5.12. The van der Waals surface area contributed by atoms with Crippen molar-refractivity contribution in [3.63, 3.8) is 0 Å². The van der Waals surface area contributed by atoms with Gasteiger partial charge in [0.2, 0.25) is 0 Å². The fourth-order valence-corrected chi connectivity index (χ4v) is 1.37. The predicted octanol–water partition coefficient (Wildman–Crippen LogP) is 4.24. The van der Waals surface area contributed by atoms with Crippen LogP contribution in [0.4, 0.5) is 0 Å². The van der Waals surface area contributed by atoms with Gasteiger partial charge in [-0.15, -0.1) is 0 Å². The van der Waals surface area contributed by atoms with Gasteiger partial charge in [-0.3, -0.25) is 0 Å². The van der Waals surface area contributed by atoms with Gasteiger partial charge in [-0.2, -0.15) is 0 Å². The third kappa shape index (κ3) is 9.75. The van der Waals surface area contributed by atoms with Crippen LogP contribution in [0.2, 0.25) is 0 Å². The lowest BCUT2D eigenvalue weighted by atomic mass is 10.1. The van der Waals surface area contributed by atoms with Crippen LogP contribution in [0, 0.1) is 0 Å². The molecule has 0 rings (SSSR count). The average Bonchev–Trinajstić information content (AvgIpc) is 2.27. The molecule has 2 nitrogen and oxygen atoms in total. The second kappa shape index (κ2) is 10.7. The van der Waals surface area contributed by atoms with Crippen LogP contribution in [-0.4, -0.2) is 12.1 Å². The SMILES string of the molecule is CCCCCCCC=CC(=O)OC(C)CC. The smallest absolute Gasteiger partial charge is 0.330 e. The number of hydrogen-bond acceptors (Lipinski definition) is 2. The molecule has 1 unspecified atom stereocenters. The van der Waals surface area contributed by atoms with Crippen LogP contribution in [0.1, 0.15) is 65.7 Å². The van der Waals surface area contributed by atoms with Gasteiger partial charge in [0.05, 0.1) is 6.10 Å². The summed E-state index contributed by atoms with van der Waals surface area (Å²) in [5, 5.41) is 0. The van der Waals surface area contributed by atoms with E-state index in [1.165, 1.54) is 32.1 Å². The van der Waals surface area contributed by atoms with E-state index in [0.29, 0.717) is 0 Å². The fourth-order valence-electron chi connectivity index (χ4n) is 1.37. The zero-order valence-corrected chi connectivity index (χ0v) is 11.0. The van der Waals surface area contributed by atoms with Crippen LogP contribution >= 0.6 is 0 Å². The van der Waals surface area contributed by atoms with Gasteiger partial charge >= 0.3 is 5.97 Å². The van der Waals surface area contributed by atoms with Crippen LogP contribution < -0.4 is 0 Å². The van der Waals surface area contributed by atoms with Crippen molar-refractivity contribution in [2.24, 2.45) is 0 Å². The zero-order valence-electron chi connectivity index (χ0n) is 11.0. The lowest BCUT2D eigenvalue weighted by Crippen LogP contribution is -2.11. The number of carbonyl (C=O) groups is 1. The van der Waals surface area contributed by atoms with Crippen molar-refractivity contribution in [3.8, 4) is 0 Å². The Morgan fingerprint density at radius 3 is 2.50 bits per heavy atom. The number of allylic oxidation sites excluding steroid dienone is 1. The van der Waals surface area contributed by atoms with Gasteiger partial charge in [-0.25, -0.2) is 4.79 Å². The summed E-state index contributed by atoms with van der Waals surface area (Å²) in [7, 11) is 0. The molecule has 0 radical (unpaired) electrons. The second-order valence-corrected chi connectivity index (χ2v) is 4.26. The molecule has 0 aromatic heterocycles. The first-order valence-electron chi connectivity index (χ1n) is 6.57. The number of ether oxygens (including phenoxy) is 1. The van der Waals surface area contributed by atoms with Crippen LogP contribution in [0.5, 0.6) is 0 Å². The van der Waals surface area contributed by atoms with Crippen molar-refractivity contribution in [1.82, 2.24) is 0 Å². The van der Waals surface area contributed by atoms with Gasteiger partial charge in [-0.1, -0.05) is 45.6 Å². The summed E-state index contributed by atoms with van der Waals surface area (Å²) in [5.74, 6) is -0.206. The van der Waals surface area contributed by atoms with Gasteiger partial charge in [-0.05, 0) is 26.2 Å². The number of esters is 1. The van der Waals surface area contributed by atoms with E-state index in [1.54, 1.807) is 6.08 Å². The van der Waals surface area contributed by atoms with E-state index < -0.39 is 0 Å². The second-order valence-electron chi connectivity index (χ2n) is 4.26. The molecular weight excluding hydrogens is 200 g/mol. The van der Waals surface area contributed by atoms with E-state index >= 15 is 0 Å². The zero-order chi connectivity index (χ0) is 12.2. The van der Waals surface area contributed by atoms with E-state index in [4.69, 9.17) is 4.74 Å². The molecule has 0 aliphatic heterocycles. The first-order valence-corrected chi connectivity index (χ1v) is 6.57. The van der Waals surface area contributed by atoms with Crippen molar-refractivity contribution in [2.75, 3.05) is 0 Å². The minimum Gasteiger partial charge on any atom is -0.460 e. The summed E-state index contributed by atoms with van der Waals surface area (Å²) in [6.07, 6.45) is 11.7. The molecule has 16 heavy (non-hydrogen) atoms. The minimum atomic E-state index is -0.206. The van der Waals surface area contributed by atoms with Crippen LogP contribution in [-0.2, 0) is 9.53 Å². The van der Waals surface area contributed by atoms with E-state index in [-0.39, 0.29) is 12.1 Å². The van der Waals surface area contributed by atoms with E-state index in [1.807, 2.05) is 19.9 Å². The van der Waals surface area contributed by atoms with Crippen molar-refractivity contribution in [2.45, 2.75) is 71.8 Å². The summed E-state index contributed by atoms with van der Waals surface area (Å²) >= 11 is 0. The van der Waals surface area contributed by atoms with Crippen LogP contribution in [0.15, 0.2) is 12.2 Å². The topological polar surface area (TPSA) is 26.3 Å². The molecule has 0 fully saturated rings. The van der Waals surface area contributed by atoms with E-state index in [2.05, 4.69) is 6.92 Å². The van der Waals surface area contributed by atoms with Gasteiger partial charge in [0.1, 0.15) is 0 Å². The van der Waals surface area contributed by atoms with Gasteiger partial charge in [0.25, 0.3) is 0 Å². The molecule has 0 bridgehead atoms. The number of hydrogen-bond donors (Lipinski definition) is 0. The fraction of sp³-hybridized carbons (Fsp3) is 0.786. The number of carbonyl (C=O) groups excluding carboxylic acids is 1. The molecule has 0 aliphatic carbocycles. The maximum absolute atomic E-state index is 11.2. The molecule has 0 N–H and O–H groups in total. The van der Waals surface area contributed by atoms with Gasteiger partial charge < -0.3 is 4.74 Å². The van der Waals surface area contributed by atoms with Gasteiger partial charge in [0, 0.05) is 6.08 Å². The Hall–Kier alpha value is -0.790. The monoisotopic (exact) mass is 226 g/mol.